The molecule has 1 atom stereocenters. The highest BCUT2D eigenvalue weighted by atomic mass is 16.7. The molecule has 3 aliphatic rings. The van der Waals surface area contributed by atoms with Gasteiger partial charge in [-0.25, -0.2) is 0 Å². The number of hydrogen-bond donors (Lipinski definition) is 0. The Morgan fingerprint density at radius 2 is 2.12 bits per heavy atom. The van der Waals surface area contributed by atoms with Crippen LogP contribution in [0.5, 0.6) is 11.5 Å². The number of fused-ring (bicyclic) bond motifs is 1. The van der Waals surface area contributed by atoms with Gasteiger partial charge in [0.05, 0.1) is 13.2 Å². The predicted octanol–water partition coefficient (Wildman–Crippen LogP) is 1.88. The average Bonchev–Trinajstić information content (AvgIpc) is 3.05. The van der Waals surface area contributed by atoms with E-state index in [4.69, 9.17) is 14.2 Å². The number of benzene rings is 1. The summed E-state index contributed by atoms with van der Waals surface area (Å²) in [5, 5.41) is 0. The molecular weight excluding hydrogens is 308 g/mol. The van der Waals surface area contributed by atoms with Crippen LogP contribution in [0.4, 0.5) is 5.69 Å². The monoisotopic (exact) mass is 332 g/mol. The Hall–Kier alpha value is -1.79. The van der Waals surface area contributed by atoms with Crippen LogP contribution in [0.15, 0.2) is 18.2 Å². The maximum atomic E-state index is 13.0. The molecule has 2 heterocycles. The van der Waals surface area contributed by atoms with Crippen molar-refractivity contribution in [2.75, 3.05) is 45.0 Å². The van der Waals surface area contributed by atoms with Gasteiger partial charge in [-0.2, -0.15) is 0 Å². The van der Waals surface area contributed by atoms with Gasteiger partial charge in [0.15, 0.2) is 11.5 Å². The normalized spacial score (nSPS) is 23.8. The Morgan fingerprint density at radius 3 is 2.92 bits per heavy atom. The summed E-state index contributed by atoms with van der Waals surface area (Å²) < 4.78 is 16.3. The van der Waals surface area contributed by atoms with Crippen molar-refractivity contribution in [1.29, 1.82) is 0 Å². The van der Waals surface area contributed by atoms with E-state index < -0.39 is 0 Å². The molecule has 0 spiro atoms. The van der Waals surface area contributed by atoms with E-state index in [1.807, 2.05) is 25.2 Å². The number of nitrogens with zero attached hydrogens (tertiary/aromatic N) is 2. The molecule has 0 unspecified atom stereocenters. The number of likely N-dealkylation sites (N-methyl/N-ethyl adjacent to an activating group) is 1. The van der Waals surface area contributed by atoms with Crippen molar-refractivity contribution in [3.05, 3.63) is 18.2 Å². The minimum absolute atomic E-state index is 0.0767. The van der Waals surface area contributed by atoms with Crippen molar-refractivity contribution < 1.29 is 19.0 Å². The Kier molecular flexibility index (Phi) is 4.33. The molecule has 1 aromatic carbocycles. The van der Waals surface area contributed by atoms with E-state index in [-0.39, 0.29) is 18.7 Å². The quantitative estimate of drug-likeness (QED) is 0.843. The molecule has 0 bridgehead atoms. The summed E-state index contributed by atoms with van der Waals surface area (Å²) >= 11 is 0. The summed E-state index contributed by atoms with van der Waals surface area (Å²) in [6.45, 7) is 3.27. The molecule has 1 aromatic rings. The van der Waals surface area contributed by atoms with E-state index in [0.717, 1.165) is 30.4 Å². The van der Waals surface area contributed by atoms with Gasteiger partial charge in [0.25, 0.3) is 0 Å². The first-order valence-corrected chi connectivity index (χ1v) is 8.71. The number of ether oxygens (including phenoxy) is 3. The standard InChI is InChI=1S/C18H24N2O4/c1-19(14-5-6-16-17(9-14)24-12-23-16)18(21)15-11-22-8-7-20(15)10-13-3-2-4-13/h5-6,9,13,15H,2-4,7-8,10-12H2,1H3/t15-/m1/s1. The summed E-state index contributed by atoms with van der Waals surface area (Å²) in [6.07, 6.45) is 3.90. The molecule has 1 saturated heterocycles. The number of rotatable bonds is 4. The van der Waals surface area contributed by atoms with Gasteiger partial charge in [0.1, 0.15) is 6.04 Å². The minimum atomic E-state index is -0.199. The van der Waals surface area contributed by atoms with Crippen LogP contribution in [0.1, 0.15) is 19.3 Å². The van der Waals surface area contributed by atoms with E-state index >= 15 is 0 Å². The lowest BCUT2D eigenvalue weighted by atomic mass is 9.84. The fourth-order valence-corrected chi connectivity index (χ4v) is 3.54. The fourth-order valence-electron chi connectivity index (χ4n) is 3.54. The van der Waals surface area contributed by atoms with Gasteiger partial charge in [-0.15, -0.1) is 0 Å². The van der Waals surface area contributed by atoms with E-state index in [1.54, 1.807) is 4.90 Å². The van der Waals surface area contributed by atoms with Gasteiger partial charge >= 0.3 is 0 Å². The Balaban J connectivity index is 1.48. The second kappa shape index (κ2) is 6.61. The van der Waals surface area contributed by atoms with Crippen LogP contribution in [-0.4, -0.2) is 57.0 Å². The van der Waals surface area contributed by atoms with E-state index in [1.165, 1.54) is 19.3 Å². The molecule has 1 aliphatic carbocycles. The largest absolute Gasteiger partial charge is 0.454 e. The Bertz CT molecular complexity index is 617. The summed E-state index contributed by atoms with van der Waals surface area (Å²) in [6, 6.07) is 5.41. The first kappa shape index (κ1) is 15.7. The molecule has 4 rings (SSSR count). The predicted molar refractivity (Wildman–Crippen MR) is 89.5 cm³/mol. The Labute approximate surface area is 142 Å². The van der Waals surface area contributed by atoms with Crippen molar-refractivity contribution in [1.82, 2.24) is 4.90 Å². The maximum Gasteiger partial charge on any atom is 0.246 e. The van der Waals surface area contributed by atoms with Crippen LogP contribution in [0.3, 0.4) is 0 Å². The molecule has 6 nitrogen and oxygen atoms in total. The van der Waals surface area contributed by atoms with Crippen LogP contribution in [-0.2, 0) is 9.53 Å². The van der Waals surface area contributed by atoms with Crippen molar-refractivity contribution in [2.45, 2.75) is 25.3 Å². The van der Waals surface area contributed by atoms with Crippen molar-refractivity contribution >= 4 is 11.6 Å². The van der Waals surface area contributed by atoms with Crippen LogP contribution < -0.4 is 14.4 Å². The van der Waals surface area contributed by atoms with Gasteiger partial charge in [-0.05, 0) is 30.9 Å². The van der Waals surface area contributed by atoms with E-state index in [9.17, 15) is 4.79 Å². The molecule has 2 fully saturated rings. The van der Waals surface area contributed by atoms with Crippen LogP contribution in [0.2, 0.25) is 0 Å². The smallest absolute Gasteiger partial charge is 0.246 e. The highest BCUT2D eigenvalue weighted by molar-refractivity contribution is 5.97. The zero-order valence-corrected chi connectivity index (χ0v) is 14.1. The lowest BCUT2D eigenvalue weighted by Crippen LogP contribution is -2.55. The molecule has 6 heteroatoms. The molecule has 0 aromatic heterocycles. The molecule has 24 heavy (non-hydrogen) atoms. The third kappa shape index (κ3) is 2.96. The van der Waals surface area contributed by atoms with Gasteiger partial charge in [-0.1, -0.05) is 6.42 Å². The molecule has 0 N–H and O–H groups in total. The van der Waals surface area contributed by atoms with Crippen LogP contribution in [0, 0.1) is 5.92 Å². The zero-order valence-electron chi connectivity index (χ0n) is 14.1. The van der Waals surface area contributed by atoms with Crippen LogP contribution >= 0.6 is 0 Å². The molecule has 130 valence electrons. The number of morpholine rings is 1. The lowest BCUT2D eigenvalue weighted by molar-refractivity contribution is -0.130. The van der Waals surface area contributed by atoms with Gasteiger partial charge in [-0.3, -0.25) is 9.69 Å². The molecule has 2 aliphatic heterocycles. The first-order chi connectivity index (χ1) is 11.7. The van der Waals surface area contributed by atoms with Crippen molar-refractivity contribution in [2.24, 2.45) is 5.92 Å². The topological polar surface area (TPSA) is 51.2 Å². The lowest BCUT2D eigenvalue weighted by Gasteiger charge is -2.40. The highest BCUT2D eigenvalue weighted by Crippen LogP contribution is 2.35. The van der Waals surface area contributed by atoms with E-state index in [0.29, 0.717) is 19.0 Å². The zero-order chi connectivity index (χ0) is 16.5. The van der Waals surface area contributed by atoms with Crippen molar-refractivity contribution in [3.63, 3.8) is 0 Å². The average molecular weight is 332 g/mol. The SMILES string of the molecule is CN(C(=O)[C@H]1COCCN1CC1CCC1)c1ccc2c(c1)OCO2. The molecular formula is C18H24N2O4. The third-order valence-corrected chi connectivity index (χ3v) is 5.32. The minimum Gasteiger partial charge on any atom is -0.454 e. The second-order valence-electron chi connectivity index (χ2n) is 6.82. The Morgan fingerprint density at radius 1 is 1.29 bits per heavy atom. The number of anilines is 1. The van der Waals surface area contributed by atoms with Gasteiger partial charge in [0.2, 0.25) is 12.7 Å². The third-order valence-electron chi connectivity index (χ3n) is 5.32. The van der Waals surface area contributed by atoms with Crippen molar-refractivity contribution in [3.8, 4) is 11.5 Å². The number of amides is 1. The summed E-state index contributed by atoms with van der Waals surface area (Å²) in [7, 11) is 1.82. The number of carbonyl (C=O) groups excluding carboxylic acids is 1. The number of carbonyl (C=O) groups is 1. The van der Waals surface area contributed by atoms with Gasteiger partial charge < -0.3 is 19.1 Å². The summed E-state index contributed by atoms with van der Waals surface area (Å²) in [4.78, 5) is 17.0. The number of hydrogen-bond acceptors (Lipinski definition) is 5. The first-order valence-electron chi connectivity index (χ1n) is 8.71. The molecule has 0 radical (unpaired) electrons. The second-order valence-corrected chi connectivity index (χ2v) is 6.82. The maximum absolute atomic E-state index is 13.0. The highest BCUT2D eigenvalue weighted by Gasteiger charge is 2.34. The fraction of sp³-hybridized carbons (Fsp3) is 0.611. The summed E-state index contributed by atoms with van der Waals surface area (Å²) in [5.74, 6) is 2.24. The molecule has 1 amide bonds. The molecule has 1 saturated carbocycles. The van der Waals surface area contributed by atoms with Gasteiger partial charge in [0, 0.05) is 31.9 Å². The summed E-state index contributed by atoms with van der Waals surface area (Å²) in [5.41, 5.74) is 0.818. The van der Waals surface area contributed by atoms with E-state index in [2.05, 4.69) is 4.90 Å². The van der Waals surface area contributed by atoms with Crippen LogP contribution in [0.25, 0.3) is 0 Å².